The molecule has 74 valence electrons. The highest BCUT2D eigenvalue weighted by molar-refractivity contribution is 5.83. The van der Waals surface area contributed by atoms with E-state index in [1.165, 1.54) is 18.9 Å². The number of carbonyl (C=O) groups is 2. The van der Waals surface area contributed by atoms with E-state index < -0.39 is 12.0 Å². The fraction of sp³-hybridized carbons (Fsp3) is 0.750. The Morgan fingerprint density at radius 3 is 2.46 bits per heavy atom. The van der Waals surface area contributed by atoms with Gasteiger partial charge in [-0.2, -0.15) is 0 Å². The topological polar surface area (TPSA) is 66.8 Å². The van der Waals surface area contributed by atoms with Gasteiger partial charge >= 0.3 is 5.97 Å². The normalized spacial score (nSPS) is 27.7. The minimum atomic E-state index is -0.963. The maximum atomic E-state index is 11.0. The first kappa shape index (κ1) is 9.98. The van der Waals surface area contributed by atoms with Crippen molar-refractivity contribution in [2.45, 2.75) is 25.5 Å². The zero-order valence-corrected chi connectivity index (χ0v) is 7.69. The first-order valence-electron chi connectivity index (χ1n) is 4.09. The molecule has 1 amide bonds. The number of aliphatic carboxylic acids is 1. The van der Waals surface area contributed by atoms with Crippen LogP contribution in [0.4, 0.5) is 0 Å². The van der Waals surface area contributed by atoms with Gasteiger partial charge in [0.25, 0.3) is 0 Å². The number of amides is 1. The number of carboxylic acids is 1. The van der Waals surface area contributed by atoms with Gasteiger partial charge in [0.05, 0.1) is 6.10 Å². The predicted molar refractivity (Wildman–Crippen MR) is 44.2 cm³/mol. The maximum absolute atomic E-state index is 11.0. The molecule has 13 heavy (non-hydrogen) atoms. The van der Waals surface area contributed by atoms with Gasteiger partial charge in [-0.05, 0) is 0 Å². The standard InChI is InChI=1S/C8H13NO4/c1-5(10)9-4-6(13-2)3-7(9)8(11)12/h6-7H,3-4H2,1-2H3,(H,11,12). The van der Waals surface area contributed by atoms with Crippen LogP contribution in [0.25, 0.3) is 0 Å². The molecule has 0 aromatic rings. The van der Waals surface area contributed by atoms with Crippen LogP contribution in [0.3, 0.4) is 0 Å². The first-order chi connectivity index (χ1) is 6.06. The summed E-state index contributed by atoms with van der Waals surface area (Å²) in [6, 6.07) is -0.720. The van der Waals surface area contributed by atoms with Gasteiger partial charge < -0.3 is 14.7 Å². The van der Waals surface area contributed by atoms with Gasteiger partial charge in [0.2, 0.25) is 5.91 Å². The van der Waals surface area contributed by atoms with Crippen LogP contribution >= 0.6 is 0 Å². The number of hydrogen-bond acceptors (Lipinski definition) is 3. The van der Waals surface area contributed by atoms with Crippen molar-refractivity contribution in [1.29, 1.82) is 0 Å². The van der Waals surface area contributed by atoms with E-state index in [0.717, 1.165) is 0 Å². The molecule has 1 rings (SSSR count). The lowest BCUT2D eigenvalue weighted by atomic mass is 10.2. The Kier molecular flexibility index (Phi) is 2.87. The van der Waals surface area contributed by atoms with Gasteiger partial charge in [0.1, 0.15) is 6.04 Å². The van der Waals surface area contributed by atoms with Crippen molar-refractivity contribution in [3.63, 3.8) is 0 Å². The van der Waals surface area contributed by atoms with Crippen LogP contribution in [0.2, 0.25) is 0 Å². The summed E-state index contributed by atoms with van der Waals surface area (Å²) in [7, 11) is 1.52. The molecule has 0 bridgehead atoms. The number of methoxy groups -OCH3 is 1. The lowest BCUT2D eigenvalue weighted by Crippen LogP contribution is -2.39. The molecule has 1 N–H and O–H groups in total. The van der Waals surface area contributed by atoms with Crippen LogP contribution in [0.5, 0.6) is 0 Å². The van der Waals surface area contributed by atoms with Crippen molar-refractivity contribution in [1.82, 2.24) is 4.90 Å². The molecule has 1 aliphatic heterocycles. The number of likely N-dealkylation sites (tertiary alicyclic amines) is 1. The molecule has 2 unspecified atom stereocenters. The van der Waals surface area contributed by atoms with E-state index in [9.17, 15) is 9.59 Å². The molecule has 1 saturated heterocycles. The van der Waals surface area contributed by atoms with Crippen molar-refractivity contribution < 1.29 is 19.4 Å². The second kappa shape index (κ2) is 3.74. The molecule has 0 aromatic heterocycles. The van der Waals surface area contributed by atoms with Gasteiger partial charge in [-0.25, -0.2) is 4.79 Å². The number of carbonyl (C=O) groups excluding carboxylic acids is 1. The highest BCUT2D eigenvalue weighted by atomic mass is 16.5. The van der Waals surface area contributed by atoms with Crippen molar-refractivity contribution in [3.8, 4) is 0 Å². The zero-order chi connectivity index (χ0) is 10.0. The van der Waals surface area contributed by atoms with Gasteiger partial charge in [0, 0.05) is 27.0 Å². The Morgan fingerprint density at radius 1 is 1.54 bits per heavy atom. The first-order valence-corrected chi connectivity index (χ1v) is 4.09. The second-order valence-corrected chi connectivity index (χ2v) is 3.12. The van der Waals surface area contributed by atoms with Crippen LogP contribution < -0.4 is 0 Å². The molecule has 1 heterocycles. The molecule has 0 aromatic carbocycles. The van der Waals surface area contributed by atoms with E-state index in [2.05, 4.69) is 0 Å². The van der Waals surface area contributed by atoms with E-state index in [-0.39, 0.29) is 12.0 Å². The Hall–Kier alpha value is -1.10. The minimum absolute atomic E-state index is 0.148. The van der Waals surface area contributed by atoms with E-state index in [0.29, 0.717) is 13.0 Å². The molecule has 5 nitrogen and oxygen atoms in total. The molecule has 1 aliphatic rings. The van der Waals surface area contributed by atoms with Gasteiger partial charge in [-0.15, -0.1) is 0 Å². The van der Waals surface area contributed by atoms with Crippen LogP contribution in [-0.4, -0.2) is 47.7 Å². The smallest absolute Gasteiger partial charge is 0.326 e. The molecule has 2 atom stereocenters. The van der Waals surface area contributed by atoms with Crippen LogP contribution in [0.15, 0.2) is 0 Å². The third-order valence-electron chi connectivity index (χ3n) is 2.29. The number of ether oxygens (including phenoxy) is 1. The third-order valence-corrected chi connectivity index (χ3v) is 2.29. The molecule has 1 fully saturated rings. The zero-order valence-electron chi connectivity index (χ0n) is 7.69. The lowest BCUT2D eigenvalue weighted by molar-refractivity contribution is -0.147. The predicted octanol–water partition coefficient (Wildman–Crippen LogP) is -0.293. The van der Waals surface area contributed by atoms with Crippen molar-refractivity contribution in [2.24, 2.45) is 0 Å². The quantitative estimate of drug-likeness (QED) is 0.645. The van der Waals surface area contributed by atoms with Crippen molar-refractivity contribution >= 4 is 11.9 Å². The average Bonchev–Trinajstić information content (AvgIpc) is 2.47. The summed E-state index contributed by atoms with van der Waals surface area (Å²) in [5.74, 6) is -1.18. The van der Waals surface area contributed by atoms with E-state index in [1.54, 1.807) is 0 Å². The van der Waals surface area contributed by atoms with E-state index in [1.807, 2.05) is 0 Å². The van der Waals surface area contributed by atoms with E-state index >= 15 is 0 Å². The number of hydrogen-bond donors (Lipinski definition) is 1. The summed E-state index contributed by atoms with van der Waals surface area (Å²) < 4.78 is 5.01. The summed E-state index contributed by atoms with van der Waals surface area (Å²) in [4.78, 5) is 23.1. The maximum Gasteiger partial charge on any atom is 0.326 e. The fourth-order valence-corrected chi connectivity index (χ4v) is 1.55. The fourth-order valence-electron chi connectivity index (χ4n) is 1.55. The number of nitrogens with zero attached hydrogens (tertiary/aromatic N) is 1. The summed E-state index contributed by atoms with van der Waals surface area (Å²) in [6.45, 7) is 1.75. The van der Waals surface area contributed by atoms with E-state index in [4.69, 9.17) is 9.84 Å². The van der Waals surface area contributed by atoms with Gasteiger partial charge in [-0.1, -0.05) is 0 Å². The van der Waals surface area contributed by atoms with Crippen molar-refractivity contribution in [3.05, 3.63) is 0 Å². The Balaban J connectivity index is 2.71. The highest BCUT2D eigenvalue weighted by Crippen LogP contribution is 2.19. The monoisotopic (exact) mass is 187 g/mol. The Bertz CT molecular complexity index is 206. The van der Waals surface area contributed by atoms with Gasteiger partial charge in [-0.3, -0.25) is 4.79 Å². The highest BCUT2D eigenvalue weighted by Gasteiger charge is 2.38. The Morgan fingerprint density at radius 2 is 2.15 bits per heavy atom. The van der Waals surface area contributed by atoms with Crippen LogP contribution in [0, 0.1) is 0 Å². The third kappa shape index (κ3) is 1.98. The minimum Gasteiger partial charge on any atom is -0.480 e. The number of rotatable bonds is 2. The summed E-state index contributed by atoms with van der Waals surface area (Å²) >= 11 is 0. The molecule has 5 heteroatoms. The van der Waals surface area contributed by atoms with Gasteiger partial charge in [0.15, 0.2) is 0 Å². The molecule has 0 spiro atoms. The van der Waals surface area contributed by atoms with Crippen LogP contribution in [-0.2, 0) is 14.3 Å². The lowest BCUT2D eigenvalue weighted by Gasteiger charge is -2.18. The summed E-state index contributed by atoms with van der Waals surface area (Å²) in [6.07, 6.45) is 0.232. The summed E-state index contributed by atoms with van der Waals surface area (Å²) in [5.41, 5.74) is 0. The SMILES string of the molecule is COC1CC(C(=O)O)N(C(C)=O)C1. The molecule has 0 saturated carbocycles. The second-order valence-electron chi connectivity index (χ2n) is 3.12. The molecular formula is C8H13NO4. The van der Waals surface area contributed by atoms with Crippen LogP contribution in [0.1, 0.15) is 13.3 Å². The summed E-state index contributed by atoms with van der Waals surface area (Å²) in [5, 5.41) is 8.80. The largest absolute Gasteiger partial charge is 0.480 e. The van der Waals surface area contributed by atoms with Crippen molar-refractivity contribution in [2.75, 3.05) is 13.7 Å². The Labute approximate surface area is 76.3 Å². The molecule has 0 aliphatic carbocycles. The number of carboxylic acid groups (broad SMARTS) is 1. The average molecular weight is 187 g/mol. The molecule has 0 radical (unpaired) electrons. The molecular weight excluding hydrogens is 174 g/mol.